The minimum Gasteiger partial charge on any atom is -0.298 e. The van der Waals surface area contributed by atoms with Crippen LogP contribution in [-0.2, 0) is 7.05 Å². The molecule has 0 fully saturated rings. The van der Waals surface area contributed by atoms with Gasteiger partial charge in [-0.3, -0.25) is 20.9 Å². The lowest BCUT2D eigenvalue weighted by Gasteiger charge is -2.09. The summed E-state index contributed by atoms with van der Waals surface area (Å²) in [5.41, 5.74) is 9.50. The molecular weight excluding hydrogens is 427 g/mol. The molecule has 3 heterocycles. The summed E-state index contributed by atoms with van der Waals surface area (Å²) in [7, 11) is 1.82. The molecule has 4 rings (SSSR count). The van der Waals surface area contributed by atoms with Crippen LogP contribution in [0.15, 0.2) is 36.4 Å². The normalized spacial score (nSPS) is 11.0. The van der Waals surface area contributed by atoms with Gasteiger partial charge in [0.15, 0.2) is 5.65 Å². The van der Waals surface area contributed by atoms with Crippen molar-refractivity contribution < 1.29 is 9.18 Å². The summed E-state index contributed by atoms with van der Waals surface area (Å²) in [5, 5.41) is 8.65. The topological polar surface area (TPSA) is 83.9 Å². The smallest absolute Gasteiger partial charge is 0.298 e. The molecule has 7 nitrogen and oxygen atoms in total. The number of hydrazine groups is 1. The number of hydrogen-bond donors (Lipinski definition) is 3. The van der Waals surface area contributed by atoms with Crippen molar-refractivity contribution in [3.8, 4) is 11.1 Å². The maximum Gasteiger partial charge on any atom is 0.338 e. The van der Waals surface area contributed by atoms with E-state index in [0.29, 0.717) is 15.2 Å². The van der Waals surface area contributed by atoms with E-state index in [1.807, 2.05) is 27.0 Å². The summed E-state index contributed by atoms with van der Waals surface area (Å²) in [4.78, 5) is 16.8. The number of aromatic nitrogens is 3. The van der Waals surface area contributed by atoms with Crippen molar-refractivity contribution in [2.45, 2.75) is 13.8 Å². The van der Waals surface area contributed by atoms with Gasteiger partial charge in [-0.2, -0.15) is 5.10 Å². The molecule has 1 aromatic carbocycles. The Hall–Kier alpha value is -3.17. The zero-order chi connectivity index (χ0) is 21.4. The van der Waals surface area contributed by atoms with Crippen LogP contribution in [0.25, 0.3) is 22.2 Å². The lowest BCUT2D eigenvalue weighted by molar-refractivity contribution is 0.254. The van der Waals surface area contributed by atoms with Crippen LogP contribution in [0.2, 0.25) is 4.34 Å². The van der Waals surface area contributed by atoms with Crippen LogP contribution in [-0.4, -0.2) is 20.8 Å². The lowest BCUT2D eigenvalue weighted by Crippen LogP contribution is -2.33. The number of carbonyl (C=O) groups is 1. The molecule has 0 bridgehead atoms. The van der Waals surface area contributed by atoms with E-state index < -0.39 is 6.03 Å². The Bertz CT molecular complexity index is 1250. The number of rotatable bonds is 4. The molecule has 0 atom stereocenters. The van der Waals surface area contributed by atoms with Crippen LogP contribution in [0, 0.1) is 19.7 Å². The molecule has 0 aliphatic heterocycles. The summed E-state index contributed by atoms with van der Waals surface area (Å²) in [6.45, 7) is 3.90. The Morgan fingerprint density at radius 3 is 2.67 bits per heavy atom. The number of halogens is 2. The number of hydrogen-bond acceptors (Lipinski definition) is 5. The number of nitrogens with one attached hydrogen (secondary N) is 3. The predicted octanol–water partition coefficient (Wildman–Crippen LogP) is 5.25. The monoisotopic (exact) mass is 444 g/mol. The van der Waals surface area contributed by atoms with Crippen LogP contribution in [0.3, 0.4) is 0 Å². The molecule has 3 N–H and O–H groups in total. The van der Waals surface area contributed by atoms with Crippen LogP contribution >= 0.6 is 22.9 Å². The van der Waals surface area contributed by atoms with Gasteiger partial charge in [0.1, 0.15) is 16.0 Å². The number of amides is 2. The van der Waals surface area contributed by atoms with Gasteiger partial charge in [-0.25, -0.2) is 14.2 Å². The first kappa shape index (κ1) is 20.1. The van der Waals surface area contributed by atoms with Gasteiger partial charge >= 0.3 is 6.03 Å². The largest absolute Gasteiger partial charge is 0.338 e. The third-order valence-corrected chi connectivity index (χ3v) is 5.82. The summed E-state index contributed by atoms with van der Waals surface area (Å²) >= 11 is 7.50. The van der Waals surface area contributed by atoms with Gasteiger partial charge in [-0.05, 0) is 49.2 Å². The maximum atomic E-state index is 13.1. The Morgan fingerprint density at radius 2 is 1.93 bits per heavy atom. The second kappa shape index (κ2) is 7.92. The molecule has 0 unspecified atom stereocenters. The molecular formula is C20H18ClFN6OS. The maximum absolute atomic E-state index is 13.1. The van der Waals surface area contributed by atoms with Crippen molar-refractivity contribution in [3.63, 3.8) is 0 Å². The number of benzene rings is 1. The Kier molecular flexibility index (Phi) is 5.31. The summed E-state index contributed by atoms with van der Waals surface area (Å²) in [6.07, 6.45) is 0. The highest BCUT2D eigenvalue weighted by atomic mass is 35.5. The molecule has 10 heteroatoms. The highest BCUT2D eigenvalue weighted by molar-refractivity contribution is 7.20. The third-order valence-electron chi connectivity index (χ3n) is 4.55. The van der Waals surface area contributed by atoms with Gasteiger partial charge in [0, 0.05) is 18.0 Å². The molecule has 0 spiro atoms. The van der Waals surface area contributed by atoms with Crippen molar-refractivity contribution in [1.29, 1.82) is 0 Å². The number of carbonyl (C=O) groups excluding carboxylic acids is 1. The van der Waals surface area contributed by atoms with E-state index in [-0.39, 0.29) is 5.82 Å². The van der Waals surface area contributed by atoms with E-state index in [9.17, 15) is 9.18 Å². The zero-order valence-electron chi connectivity index (χ0n) is 16.4. The molecule has 0 saturated heterocycles. The first-order valence-corrected chi connectivity index (χ1v) is 10.2. The standard InChI is InChI=1S/C20H18ClFN6OS/c1-10-8-15(23-19-17(10)11(2)27-28(19)3)25-26-20(29)24-16-9-14(18(21)30-16)12-4-6-13(22)7-5-12/h4-9H,1-3H3,(H,23,25)(H2,24,26,29). The van der Waals surface area contributed by atoms with E-state index in [2.05, 4.69) is 26.3 Å². The van der Waals surface area contributed by atoms with Crippen molar-refractivity contribution >= 4 is 50.8 Å². The third kappa shape index (κ3) is 3.94. The zero-order valence-corrected chi connectivity index (χ0v) is 18.0. The minimum absolute atomic E-state index is 0.322. The second-order valence-electron chi connectivity index (χ2n) is 6.74. The van der Waals surface area contributed by atoms with Gasteiger partial charge in [-0.1, -0.05) is 23.7 Å². The van der Waals surface area contributed by atoms with Gasteiger partial charge in [-0.15, -0.1) is 11.3 Å². The lowest BCUT2D eigenvalue weighted by atomic mass is 10.1. The van der Waals surface area contributed by atoms with Gasteiger partial charge in [0.25, 0.3) is 0 Å². The first-order valence-electron chi connectivity index (χ1n) is 9.01. The summed E-state index contributed by atoms with van der Waals surface area (Å²) in [6, 6.07) is 9.11. The molecule has 4 aromatic rings. The highest BCUT2D eigenvalue weighted by Crippen LogP contribution is 2.38. The van der Waals surface area contributed by atoms with Crippen molar-refractivity contribution in [3.05, 3.63) is 57.8 Å². The molecule has 0 saturated carbocycles. The Labute approximate surface area is 180 Å². The van der Waals surface area contributed by atoms with Gasteiger partial charge in [0.2, 0.25) is 0 Å². The molecule has 0 aliphatic rings. The Morgan fingerprint density at radius 1 is 1.20 bits per heavy atom. The van der Waals surface area contributed by atoms with Crippen molar-refractivity contribution in [1.82, 2.24) is 20.2 Å². The molecule has 0 radical (unpaired) electrons. The Balaban J connectivity index is 1.44. The quantitative estimate of drug-likeness (QED) is 0.375. The number of thiophene rings is 1. The number of pyridine rings is 1. The fourth-order valence-electron chi connectivity index (χ4n) is 3.24. The average molecular weight is 445 g/mol. The second-order valence-corrected chi connectivity index (χ2v) is 8.40. The number of anilines is 2. The predicted molar refractivity (Wildman–Crippen MR) is 118 cm³/mol. The molecule has 2 amide bonds. The van der Waals surface area contributed by atoms with Crippen LogP contribution in [0.4, 0.5) is 20.0 Å². The summed E-state index contributed by atoms with van der Waals surface area (Å²) in [5.74, 6) is 0.173. The van der Waals surface area contributed by atoms with Crippen LogP contribution < -0.4 is 16.2 Å². The van der Waals surface area contributed by atoms with E-state index in [4.69, 9.17) is 11.6 Å². The SMILES string of the molecule is Cc1cc(NNC(=O)Nc2cc(-c3ccc(F)cc3)c(Cl)s2)nc2c1c(C)nn2C. The van der Waals surface area contributed by atoms with Crippen LogP contribution in [0.1, 0.15) is 11.3 Å². The van der Waals surface area contributed by atoms with Crippen molar-refractivity contribution in [2.75, 3.05) is 10.7 Å². The number of aryl methyl sites for hydroxylation is 3. The summed E-state index contributed by atoms with van der Waals surface area (Å²) < 4.78 is 15.3. The highest BCUT2D eigenvalue weighted by Gasteiger charge is 2.13. The first-order chi connectivity index (χ1) is 14.3. The van der Waals surface area contributed by atoms with E-state index >= 15 is 0 Å². The minimum atomic E-state index is -0.473. The number of urea groups is 1. The molecule has 154 valence electrons. The fraction of sp³-hybridized carbons (Fsp3) is 0.150. The van der Waals surface area contributed by atoms with Gasteiger partial charge < -0.3 is 0 Å². The van der Waals surface area contributed by atoms with E-state index in [1.54, 1.807) is 22.9 Å². The molecule has 0 aliphatic carbocycles. The van der Waals surface area contributed by atoms with E-state index in [0.717, 1.165) is 33.4 Å². The molecule has 30 heavy (non-hydrogen) atoms. The number of nitrogens with zero attached hydrogens (tertiary/aromatic N) is 3. The average Bonchev–Trinajstić information content (AvgIpc) is 3.20. The van der Waals surface area contributed by atoms with Gasteiger partial charge in [0.05, 0.1) is 10.7 Å². The van der Waals surface area contributed by atoms with Crippen LogP contribution in [0.5, 0.6) is 0 Å². The number of fused-ring (bicyclic) bond motifs is 1. The van der Waals surface area contributed by atoms with Crippen molar-refractivity contribution in [2.24, 2.45) is 7.05 Å². The molecule has 3 aromatic heterocycles. The van der Waals surface area contributed by atoms with E-state index in [1.165, 1.54) is 23.5 Å². The fourth-order valence-corrected chi connectivity index (χ4v) is 4.46.